The van der Waals surface area contributed by atoms with E-state index < -0.39 is 0 Å². The first-order chi connectivity index (χ1) is 8.29. The number of nitrogens with zero attached hydrogens (tertiary/aromatic N) is 2. The van der Waals surface area contributed by atoms with E-state index in [4.69, 9.17) is 16.9 Å². The first kappa shape index (κ1) is 11.4. The fraction of sp³-hybridized carbons (Fsp3) is 0.0769. The second-order valence-corrected chi connectivity index (χ2v) is 3.93. The number of nitriles is 1. The van der Waals surface area contributed by atoms with Crippen LogP contribution in [0, 0.1) is 11.3 Å². The van der Waals surface area contributed by atoms with E-state index in [1.165, 1.54) is 0 Å². The molecule has 0 atom stereocenters. The SMILES string of the molecule is N#Cc1cccc(CNc2cnccc2Cl)c1. The van der Waals surface area contributed by atoms with Crippen LogP contribution < -0.4 is 5.32 Å². The van der Waals surface area contributed by atoms with Crippen molar-refractivity contribution >= 4 is 17.3 Å². The van der Waals surface area contributed by atoms with E-state index in [0.29, 0.717) is 17.1 Å². The molecule has 1 aromatic heterocycles. The summed E-state index contributed by atoms with van der Waals surface area (Å²) in [6.07, 6.45) is 3.32. The molecule has 0 saturated carbocycles. The molecule has 84 valence electrons. The number of hydrogen-bond donors (Lipinski definition) is 1. The molecule has 2 rings (SSSR count). The lowest BCUT2D eigenvalue weighted by atomic mass is 10.1. The highest BCUT2D eigenvalue weighted by molar-refractivity contribution is 6.33. The van der Waals surface area contributed by atoms with Gasteiger partial charge in [0.15, 0.2) is 0 Å². The summed E-state index contributed by atoms with van der Waals surface area (Å²) >= 11 is 5.99. The van der Waals surface area contributed by atoms with Gasteiger partial charge < -0.3 is 5.32 Å². The number of rotatable bonds is 3. The summed E-state index contributed by atoms with van der Waals surface area (Å²) in [6.45, 7) is 0.612. The lowest BCUT2D eigenvalue weighted by molar-refractivity contribution is 1.13. The summed E-state index contributed by atoms with van der Waals surface area (Å²) in [5.41, 5.74) is 2.47. The number of pyridine rings is 1. The Morgan fingerprint density at radius 2 is 2.24 bits per heavy atom. The van der Waals surface area contributed by atoms with E-state index in [1.807, 2.05) is 18.2 Å². The third-order valence-corrected chi connectivity index (χ3v) is 2.64. The average Bonchev–Trinajstić information content (AvgIpc) is 2.38. The van der Waals surface area contributed by atoms with E-state index in [2.05, 4.69) is 16.4 Å². The number of nitrogens with one attached hydrogen (secondary N) is 1. The molecule has 0 aliphatic rings. The highest BCUT2D eigenvalue weighted by Crippen LogP contribution is 2.19. The molecule has 0 spiro atoms. The van der Waals surface area contributed by atoms with Crippen molar-refractivity contribution in [3.8, 4) is 6.07 Å². The maximum Gasteiger partial charge on any atom is 0.0991 e. The molecular formula is C13H10ClN3. The zero-order valence-corrected chi connectivity index (χ0v) is 9.78. The van der Waals surface area contributed by atoms with Gasteiger partial charge in [-0.25, -0.2) is 0 Å². The van der Waals surface area contributed by atoms with Crippen LogP contribution in [0.4, 0.5) is 5.69 Å². The Bertz CT molecular complexity index is 561. The van der Waals surface area contributed by atoms with Crippen molar-refractivity contribution < 1.29 is 0 Å². The third kappa shape index (κ3) is 2.96. The van der Waals surface area contributed by atoms with E-state index in [9.17, 15) is 0 Å². The van der Waals surface area contributed by atoms with E-state index in [1.54, 1.807) is 24.5 Å². The van der Waals surface area contributed by atoms with Crippen LogP contribution in [0.3, 0.4) is 0 Å². The first-order valence-electron chi connectivity index (χ1n) is 5.12. The van der Waals surface area contributed by atoms with Gasteiger partial charge in [0.25, 0.3) is 0 Å². The summed E-state index contributed by atoms with van der Waals surface area (Å²) in [7, 11) is 0. The number of hydrogen-bond acceptors (Lipinski definition) is 3. The van der Waals surface area contributed by atoms with Crippen LogP contribution in [0.15, 0.2) is 42.7 Å². The Hall–Kier alpha value is -2.05. The van der Waals surface area contributed by atoms with Gasteiger partial charge in [0, 0.05) is 12.7 Å². The van der Waals surface area contributed by atoms with Gasteiger partial charge in [-0.05, 0) is 23.8 Å². The summed E-state index contributed by atoms with van der Waals surface area (Å²) in [4.78, 5) is 3.99. The van der Waals surface area contributed by atoms with E-state index in [0.717, 1.165) is 11.3 Å². The van der Waals surface area contributed by atoms with Gasteiger partial charge in [-0.3, -0.25) is 4.98 Å². The number of benzene rings is 1. The molecule has 0 aliphatic heterocycles. The van der Waals surface area contributed by atoms with Gasteiger partial charge in [0.1, 0.15) is 0 Å². The van der Waals surface area contributed by atoms with Crippen molar-refractivity contribution in [1.82, 2.24) is 4.98 Å². The number of aromatic nitrogens is 1. The van der Waals surface area contributed by atoms with Crippen LogP contribution in [0.25, 0.3) is 0 Å². The molecule has 1 aromatic carbocycles. The molecule has 0 amide bonds. The van der Waals surface area contributed by atoms with Crippen molar-refractivity contribution in [2.45, 2.75) is 6.54 Å². The monoisotopic (exact) mass is 243 g/mol. The van der Waals surface area contributed by atoms with Gasteiger partial charge in [-0.2, -0.15) is 5.26 Å². The molecule has 0 fully saturated rings. The highest BCUT2D eigenvalue weighted by Gasteiger charge is 1.99. The maximum absolute atomic E-state index is 8.79. The number of halogens is 1. The molecule has 2 aromatic rings. The zero-order valence-electron chi connectivity index (χ0n) is 9.02. The van der Waals surface area contributed by atoms with Crippen LogP contribution >= 0.6 is 11.6 Å². The normalized spacial score (nSPS) is 9.65. The Morgan fingerprint density at radius 1 is 1.35 bits per heavy atom. The Kier molecular flexibility index (Phi) is 3.59. The minimum absolute atomic E-state index is 0.612. The van der Waals surface area contributed by atoms with Crippen LogP contribution in [-0.4, -0.2) is 4.98 Å². The van der Waals surface area contributed by atoms with E-state index >= 15 is 0 Å². The molecule has 0 unspecified atom stereocenters. The average molecular weight is 244 g/mol. The van der Waals surface area contributed by atoms with Crippen LogP contribution in [0.5, 0.6) is 0 Å². The van der Waals surface area contributed by atoms with Crippen LogP contribution in [0.1, 0.15) is 11.1 Å². The van der Waals surface area contributed by atoms with Crippen molar-refractivity contribution in [3.63, 3.8) is 0 Å². The van der Waals surface area contributed by atoms with Crippen LogP contribution in [0.2, 0.25) is 5.02 Å². The molecule has 0 radical (unpaired) electrons. The lowest BCUT2D eigenvalue weighted by Crippen LogP contribution is -2.00. The predicted octanol–water partition coefficient (Wildman–Crippen LogP) is 3.22. The maximum atomic E-state index is 8.79. The highest BCUT2D eigenvalue weighted by atomic mass is 35.5. The van der Waals surface area contributed by atoms with Crippen molar-refractivity contribution in [1.29, 1.82) is 5.26 Å². The smallest absolute Gasteiger partial charge is 0.0991 e. The summed E-state index contributed by atoms with van der Waals surface area (Å²) < 4.78 is 0. The quantitative estimate of drug-likeness (QED) is 0.901. The largest absolute Gasteiger partial charge is 0.379 e. The molecule has 4 heteroatoms. The second kappa shape index (κ2) is 5.33. The molecule has 0 aliphatic carbocycles. The van der Waals surface area contributed by atoms with Gasteiger partial charge in [0.2, 0.25) is 0 Å². The summed E-state index contributed by atoms with van der Waals surface area (Å²) in [5.74, 6) is 0. The molecule has 1 N–H and O–H groups in total. The fourth-order valence-electron chi connectivity index (χ4n) is 1.46. The van der Waals surface area contributed by atoms with E-state index in [-0.39, 0.29) is 0 Å². The van der Waals surface area contributed by atoms with Crippen LogP contribution in [-0.2, 0) is 6.54 Å². The Balaban J connectivity index is 2.08. The van der Waals surface area contributed by atoms with Crippen molar-refractivity contribution in [3.05, 3.63) is 58.9 Å². The zero-order chi connectivity index (χ0) is 12.1. The molecule has 17 heavy (non-hydrogen) atoms. The van der Waals surface area contributed by atoms with Gasteiger partial charge >= 0.3 is 0 Å². The fourth-order valence-corrected chi connectivity index (χ4v) is 1.63. The van der Waals surface area contributed by atoms with Crippen molar-refractivity contribution in [2.24, 2.45) is 0 Å². The second-order valence-electron chi connectivity index (χ2n) is 3.52. The third-order valence-electron chi connectivity index (χ3n) is 2.31. The topological polar surface area (TPSA) is 48.7 Å². The van der Waals surface area contributed by atoms with Gasteiger partial charge in [-0.1, -0.05) is 23.7 Å². The minimum Gasteiger partial charge on any atom is -0.379 e. The van der Waals surface area contributed by atoms with Crippen molar-refractivity contribution in [2.75, 3.05) is 5.32 Å². The first-order valence-corrected chi connectivity index (χ1v) is 5.50. The minimum atomic E-state index is 0.612. The Morgan fingerprint density at radius 3 is 3.00 bits per heavy atom. The summed E-state index contributed by atoms with van der Waals surface area (Å²) in [6, 6.07) is 11.3. The van der Waals surface area contributed by atoms with Gasteiger partial charge in [0.05, 0.1) is 28.5 Å². The lowest BCUT2D eigenvalue weighted by Gasteiger charge is -2.07. The molecule has 0 saturated heterocycles. The Labute approximate surface area is 105 Å². The standard InChI is InChI=1S/C13H10ClN3/c14-12-4-5-16-9-13(12)17-8-11-3-1-2-10(6-11)7-15/h1-6,9,17H,8H2. The molecule has 3 nitrogen and oxygen atoms in total. The molecular weight excluding hydrogens is 234 g/mol. The molecule has 0 bridgehead atoms. The number of anilines is 1. The summed E-state index contributed by atoms with van der Waals surface area (Å²) in [5, 5.41) is 12.6. The molecule has 1 heterocycles. The predicted molar refractivity (Wildman–Crippen MR) is 67.7 cm³/mol. The van der Waals surface area contributed by atoms with Gasteiger partial charge in [-0.15, -0.1) is 0 Å².